The lowest BCUT2D eigenvalue weighted by molar-refractivity contribution is 0.0236. The summed E-state index contributed by atoms with van der Waals surface area (Å²) in [5.41, 5.74) is 1.57. The van der Waals surface area contributed by atoms with Gasteiger partial charge in [0.1, 0.15) is 0 Å². The number of thiophene rings is 1. The quantitative estimate of drug-likeness (QED) is 0.842. The van der Waals surface area contributed by atoms with Crippen LogP contribution >= 0.6 is 27.3 Å². The summed E-state index contributed by atoms with van der Waals surface area (Å²) in [4.78, 5) is 0. The molecular weight excluding hydrogens is 308 g/mol. The van der Waals surface area contributed by atoms with Crippen molar-refractivity contribution in [2.24, 2.45) is 0 Å². The van der Waals surface area contributed by atoms with E-state index in [4.69, 9.17) is 0 Å². The summed E-state index contributed by atoms with van der Waals surface area (Å²) in [5.74, 6) is 0. The van der Waals surface area contributed by atoms with E-state index in [1.165, 1.54) is 5.56 Å². The summed E-state index contributed by atoms with van der Waals surface area (Å²) < 4.78 is 1.02. The van der Waals surface area contributed by atoms with Crippen molar-refractivity contribution in [3.05, 3.63) is 56.7 Å². The van der Waals surface area contributed by atoms with Crippen LogP contribution in [-0.4, -0.2) is 5.11 Å². The average Bonchev–Trinajstić information content (AvgIpc) is 2.89. The van der Waals surface area contributed by atoms with Crippen LogP contribution in [0.5, 0.6) is 0 Å². The maximum absolute atomic E-state index is 10.8. The molecule has 1 N–H and O–H groups in total. The van der Waals surface area contributed by atoms with E-state index in [-0.39, 0.29) is 0 Å². The van der Waals surface area contributed by atoms with Crippen molar-refractivity contribution in [2.75, 3.05) is 0 Å². The number of hydrogen-bond acceptors (Lipinski definition) is 2. The number of aliphatic hydroxyl groups is 1. The first kappa shape index (κ1) is 13.8. The highest BCUT2D eigenvalue weighted by Gasteiger charge is 2.26. The molecule has 0 aliphatic heterocycles. The Morgan fingerprint density at radius 3 is 2.78 bits per heavy atom. The van der Waals surface area contributed by atoms with Crippen LogP contribution < -0.4 is 0 Å². The van der Waals surface area contributed by atoms with Crippen LogP contribution in [0.25, 0.3) is 0 Å². The van der Waals surface area contributed by atoms with Crippen molar-refractivity contribution in [1.82, 2.24) is 0 Å². The van der Waals surface area contributed by atoms with E-state index in [1.807, 2.05) is 31.2 Å². The van der Waals surface area contributed by atoms with E-state index in [0.717, 1.165) is 29.3 Å². The van der Waals surface area contributed by atoms with E-state index in [0.29, 0.717) is 0 Å². The average molecular weight is 325 g/mol. The predicted octanol–water partition coefficient (Wildman–Crippen LogP) is 4.74. The predicted molar refractivity (Wildman–Crippen MR) is 81.0 cm³/mol. The van der Waals surface area contributed by atoms with Crippen LogP contribution in [0.15, 0.2) is 45.6 Å². The van der Waals surface area contributed by atoms with E-state index >= 15 is 0 Å². The Morgan fingerprint density at radius 1 is 1.33 bits per heavy atom. The zero-order chi connectivity index (χ0) is 13.0. The third kappa shape index (κ3) is 3.22. The second-order valence-electron chi connectivity index (χ2n) is 4.53. The van der Waals surface area contributed by atoms with Crippen molar-refractivity contribution in [3.63, 3.8) is 0 Å². The highest BCUT2D eigenvalue weighted by atomic mass is 79.9. The molecule has 1 aromatic heterocycles. The largest absolute Gasteiger partial charge is 0.385 e. The third-order valence-corrected chi connectivity index (χ3v) is 4.58. The van der Waals surface area contributed by atoms with Gasteiger partial charge >= 0.3 is 0 Å². The SMILES string of the molecule is CCC(O)(CCc1ccsc1)c1cccc(Br)c1. The van der Waals surface area contributed by atoms with Gasteiger partial charge in [0.15, 0.2) is 0 Å². The van der Waals surface area contributed by atoms with Crippen molar-refractivity contribution >= 4 is 27.3 Å². The molecule has 0 spiro atoms. The molecule has 1 heterocycles. The summed E-state index contributed by atoms with van der Waals surface area (Å²) in [6.07, 6.45) is 2.41. The van der Waals surface area contributed by atoms with Crippen molar-refractivity contribution in [2.45, 2.75) is 31.8 Å². The Bertz CT molecular complexity index is 495. The normalized spacial score (nSPS) is 14.4. The first-order valence-corrected chi connectivity index (χ1v) is 7.87. The molecule has 2 rings (SSSR count). The van der Waals surface area contributed by atoms with Gasteiger partial charge in [-0.2, -0.15) is 11.3 Å². The fraction of sp³-hybridized carbons (Fsp3) is 0.333. The summed E-state index contributed by atoms with van der Waals surface area (Å²) in [7, 11) is 0. The fourth-order valence-electron chi connectivity index (χ4n) is 2.09. The van der Waals surface area contributed by atoms with Gasteiger partial charge in [0, 0.05) is 4.47 Å². The number of rotatable bonds is 5. The Balaban J connectivity index is 2.14. The second-order valence-corrected chi connectivity index (χ2v) is 6.22. The molecule has 0 radical (unpaired) electrons. The molecule has 1 nitrogen and oxygen atoms in total. The Labute approximate surface area is 121 Å². The lowest BCUT2D eigenvalue weighted by atomic mass is 9.86. The maximum atomic E-state index is 10.8. The van der Waals surface area contributed by atoms with Crippen LogP contribution in [0.4, 0.5) is 0 Å². The molecule has 18 heavy (non-hydrogen) atoms. The number of aryl methyl sites for hydroxylation is 1. The number of hydrogen-bond donors (Lipinski definition) is 1. The molecule has 96 valence electrons. The topological polar surface area (TPSA) is 20.2 Å². The molecule has 0 fully saturated rings. The Kier molecular flexibility index (Phi) is 4.60. The van der Waals surface area contributed by atoms with Crippen molar-refractivity contribution < 1.29 is 5.11 Å². The highest BCUT2D eigenvalue weighted by molar-refractivity contribution is 9.10. The molecule has 1 unspecified atom stereocenters. The minimum atomic E-state index is -0.730. The number of benzene rings is 1. The molecule has 1 aromatic carbocycles. The van der Waals surface area contributed by atoms with E-state index < -0.39 is 5.60 Å². The monoisotopic (exact) mass is 324 g/mol. The first-order valence-electron chi connectivity index (χ1n) is 6.13. The van der Waals surface area contributed by atoms with Gasteiger partial charge in [-0.05, 0) is 59.3 Å². The third-order valence-electron chi connectivity index (χ3n) is 3.35. The van der Waals surface area contributed by atoms with E-state index in [9.17, 15) is 5.11 Å². The zero-order valence-corrected chi connectivity index (χ0v) is 12.8. The molecule has 3 heteroatoms. The minimum absolute atomic E-state index is 0.730. The summed E-state index contributed by atoms with van der Waals surface area (Å²) in [6, 6.07) is 10.1. The van der Waals surface area contributed by atoms with Crippen molar-refractivity contribution in [1.29, 1.82) is 0 Å². The van der Waals surface area contributed by atoms with Gasteiger partial charge in [0.2, 0.25) is 0 Å². The Morgan fingerprint density at radius 2 is 2.17 bits per heavy atom. The van der Waals surface area contributed by atoms with Gasteiger partial charge < -0.3 is 5.11 Å². The van der Waals surface area contributed by atoms with Gasteiger partial charge in [0.25, 0.3) is 0 Å². The molecular formula is C15H17BrOS. The molecule has 0 bridgehead atoms. The van der Waals surface area contributed by atoms with Gasteiger partial charge in [-0.3, -0.25) is 0 Å². The molecule has 0 saturated carbocycles. The van der Waals surface area contributed by atoms with Crippen LogP contribution in [-0.2, 0) is 12.0 Å². The highest BCUT2D eigenvalue weighted by Crippen LogP contribution is 2.31. The maximum Gasteiger partial charge on any atom is 0.0897 e. The van der Waals surface area contributed by atoms with Gasteiger partial charge in [-0.25, -0.2) is 0 Å². The van der Waals surface area contributed by atoms with Crippen LogP contribution in [0, 0.1) is 0 Å². The molecule has 0 aliphatic rings. The standard InChI is InChI=1S/C15H17BrOS/c1-2-15(17,8-6-12-7-9-18-11-12)13-4-3-5-14(16)10-13/h3-5,7,9-11,17H,2,6,8H2,1H3. The van der Waals surface area contributed by atoms with Gasteiger partial charge in [-0.1, -0.05) is 35.0 Å². The number of halogens is 1. The molecule has 0 amide bonds. The van der Waals surface area contributed by atoms with Gasteiger partial charge in [0.05, 0.1) is 5.60 Å². The molecule has 0 saturated heterocycles. The van der Waals surface area contributed by atoms with Crippen LogP contribution in [0.2, 0.25) is 0 Å². The van der Waals surface area contributed by atoms with E-state index in [2.05, 4.69) is 32.8 Å². The van der Waals surface area contributed by atoms with Crippen LogP contribution in [0.3, 0.4) is 0 Å². The first-order chi connectivity index (χ1) is 8.64. The van der Waals surface area contributed by atoms with Crippen LogP contribution in [0.1, 0.15) is 30.9 Å². The fourth-order valence-corrected chi connectivity index (χ4v) is 3.19. The Hall–Kier alpha value is -0.640. The van der Waals surface area contributed by atoms with E-state index in [1.54, 1.807) is 11.3 Å². The lowest BCUT2D eigenvalue weighted by Gasteiger charge is -2.27. The zero-order valence-electron chi connectivity index (χ0n) is 10.4. The minimum Gasteiger partial charge on any atom is -0.385 e. The van der Waals surface area contributed by atoms with Crippen molar-refractivity contribution in [3.8, 4) is 0 Å². The molecule has 1 atom stereocenters. The molecule has 2 aromatic rings. The molecule has 0 aliphatic carbocycles. The second kappa shape index (κ2) is 6.00. The summed E-state index contributed by atoms with van der Waals surface area (Å²) in [6.45, 7) is 2.04. The van der Waals surface area contributed by atoms with Gasteiger partial charge in [-0.15, -0.1) is 0 Å². The lowest BCUT2D eigenvalue weighted by Crippen LogP contribution is -2.25. The smallest absolute Gasteiger partial charge is 0.0897 e. The summed E-state index contributed by atoms with van der Waals surface area (Å²) >= 11 is 5.17. The summed E-state index contributed by atoms with van der Waals surface area (Å²) in [5, 5.41) is 15.0.